The van der Waals surface area contributed by atoms with Crippen molar-refractivity contribution in [1.82, 2.24) is 10.2 Å². The largest absolute Gasteiger partial charge is 0.298 e. The van der Waals surface area contributed by atoms with Gasteiger partial charge >= 0.3 is 0 Å². The summed E-state index contributed by atoms with van der Waals surface area (Å²) in [4.78, 5) is 11.2. The fourth-order valence-electron chi connectivity index (χ4n) is 1.98. The Morgan fingerprint density at radius 2 is 2.00 bits per heavy atom. The molecule has 1 heterocycles. The molecule has 3 heteroatoms. The molecule has 80 valence electrons. The zero-order chi connectivity index (χ0) is 11.0. The van der Waals surface area contributed by atoms with Gasteiger partial charge < -0.3 is 0 Å². The average Bonchev–Trinajstić information content (AvgIpc) is 3.09. The molecule has 1 saturated carbocycles. The van der Waals surface area contributed by atoms with Gasteiger partial charge in [-0.2, -0.15) is 5.10 Å². The third-order valence-electron chi connectivity index (χ3n) is 2.98. The zero-order valence-electron chi connectivity index (χ0n) is 8.81. The van der Waals surface area contributed by atoms with Crippen LogP contribution < -0.4 is 0 Å². The van der Waals surface area contributed by atoms with E-state index in [4.69, 9.17) is 0 Å². The van der Waals surface area contributed by atoms with Crippen molar-refractivity contribution in [3.8, 4) is 11.3 Å². The van der Waals surface area contributed by atoms with Gasteiger partial charge in [-0.3, -0.25) is 9.89 Å². The van der Waals surface area contributed by atoms with Crippen molar-refractivity contribution in [1.29, 1.82) is 0 Å². The molecule has 1 aromatic heterocycles. The van der Waals surface area contributed by atoms with E-state index in [9.17, 15) is 4.79 Å². The topological polar surface area (TPSA) is 45.8 Å². The van der Waals surface area contributed by atoms with Crippen molar-refractivity contribution >= 4 is 6.29 Å². The lowest BCUT2D eigenvalue weighted by Gasteiger charge is -1.97. The number of rotatable bonds is 3. The molecule has 0 unspecified atom stereocenters. The highest BCUT2D eigenvalue weighted by molar-refractivity contribution is 5.87. The normalized spacial score (nSPS) is 15.0. The molecule has 0 radical (unpaired) electrons. The molecular formula is C13H12N2O. The van der Waals surface area contributed by atoms with Crippen LogP contribution in [-0.2, 0) is 0 Å². The summed E-state index contributed by atoms with van der Waals surface area (Å²) in [6.07, 6.45) is 3.24. The van der Waals surface area contributed by atoms with Gasteiger partial charge in [-0.25, -0.2) is 0 Å². The van der Waals surface area contributed by atoms with Gasteiger partial charge in [0.15, 0.2) is 6.29 Å². The van der Waals surface area contributed by atoms with Gasteiger partial charge in [0, 0.05) is 17.2 Å². The zero-order valence-corrected chi connectivity index (χ0v) is 8.81. The van der Waals surface area contributed by atoms with Crippen LogP contribution in [0, 0.1) is 0 Å². The molecule has 3 rings (SSSR count). The predicted octanol–water partition coefficient (Wildman–Crippen LogP) is 2.77. The highest BCUT2D eigenvalue weighted by atomic mass is 16.1. The number of hydrogen-bond acceptors (Lipinski definition) is 2. The number of H-pyrrole nitrogens is 1. The summed E-state index contributed by atoms with van der Waals surface area (Å²) in [5.74, 6) is 0.519. The van der Waals surface area contributed by atoms with E-state index in [1.54, 1.807) is 0 Å². The molecule has 1 aromatic carbocycles. The van der Waals surface area contributed by atoms with Gasteiger partial charge in [0.1, 0.15) is 5.69 Å². The maximum absolute atomic E-state index is 11.2. The number of hydrogen-bond donors (Lipinski definition) is 1. The van der Waals surface area contributed by atoms with Crippen molar-refractivity contribution in [2.75, 3.05) is 0 Å². The molecule has 3 nitrogen and oxygen atoms in total. The van der Waals surface area contributed by atoms with Crippen LogP contribution in [0.5, 0.6) is 0 Å². The maximum Gasteiger partial charge on any atom is 0.154 e. The molecule has 1 aliphatic carbocycles. The highest BCUT2D eigenvalue weighted by Crippen LogP contribution is 2.41. The van der Waals surface area contributed by atoms with E-state index >= 15 is 0 Å². The lowest BCUT2D eigenvalue weighted by Crippen LogP contribution is -1.88. The van der Waals surface area contributed by atoms with Crippen LogP contribution in [-0.4, -0.2) is 16.5 Å². The Balaban J connectivity index is 2.10. The lowest BCUT2D eigenvalue weighted by atomic mass is 10.1. The van der Waals surface area contributed by atoms with Gasteiger partial charge in [-0.15, -0.1) is 0 Å². The van der Waals surface area contributed by atoms with Crippen LogP contribution in [0.3, 0.4) is 0 Å². The second kappa shape index (κ2) is 3.59. The number of aromatic nitrogens is 2. The first-order valence-corrected chi connectivity index (χ1v) is 5.49. The third kappa shape index (κ3) is 1.45. The van der Waals surface area contributed by atoms with Gasteiger partial charge in [-0.1, -0.05) is 30.3 Å². The van der Waals surface area contributed by atoms with Gasteiger partial charge in [-0.05, 0) is 12.8 Å². The number of aromatic amines is 1. The summed E-state index contributed by atoms with van der Waals surface area (Å²) in [7, 11) is 0. The molecule has 0 atom stereocenters. The minimum Gasteiger partial charge on any atom is -0.298 e. The first kappa shape index (κ1) is 9.33. The van der Waals surface area contributed by atoms with E-state index in [2.05, 4.69) is 10.2 Å². The fourth-order valence-corrected chi connectivity index (χ4v) is 1.98. The Morgan fingerprint density at radius 1 is 1.25 bits per heavy atom. The molecule has 0 amide bonds. The van der Waals surface area contributed by atoms with Gasteiger partial charge in [0.05, 0.1) is 5.56 Å². The first-order chi connectivity index (χ1) is 7.90. The summed E-state index contributed by atoms with van der Waals surface area (Å²) < 4.78 is 0. The number of aldehydes is 1. The molecule has 16 heavy (non-hydrogen) atoms. The third-order valence-corrected chi connectivity index (χ3v) is 2.98. The lowest BCUT2D eigenvalue weighted by molar-refractivity contribution is 0.112. The van der Waals surface area contributed by atoms with E-state index in [1.165, 1.54) is 0 Å². The minimum atomic E-state index is 0.519. The average molecular weight is 212 g/mol. The molecule has 0 aliphatic heterocycles. The van der Waals surface area contributed by atoms with Crippen LogP contribution in [0.1, 0.15) is 34.8 Å². The molecule has 2 aromatic rings. The quantitative estimate of drug-likeness (QED) is 0.795. The van der Waals surface area contributed by atoms with Crippen molar-refractivity contribution in [2.24, 2.45) is 0 Å². The molecule has 1 fully saturated rings. The molecule has 0 saturated heterocycles. The van der Waals surface area contributed by atoms with Crippen LogP contribution in [0.15, 0.2) is 30.3 Å². The molecule has 1 aliphatic rings. The standard InChI is InChI=1S/C13H12N2O/c16-8-11-12(9-4-2-1-3-5-9)14-15-13(11)10-6-7-10/h1-5,8,10H,6-7H2,(H,14,15). The van der Waals surface area contributed by atoms with E-state index in [1.807, 2.05) is 30.3 Å². The Bertz CT molecular complexity index is 512. The second-order valence-electron chi connectivity index (χ2n) is 4.16. The Morgan fingerprint density at radius 3 is 2.62 bits per heavy atom. The number of benzene rings is 1. The monoisotopic (exact) mass is 212 g/mol. The fraction of sp³-hybridized carbons (Fsp3) is 0.231. The molecule has 0 spiro atoms. The van der Waals surface area contributed by atoms with Crippen molar-refractivity contribution in [2.45, 2.75) is 18.8 Å². The van der Waals surface area contributed by atoms with Crippen LogP contribution >= 0.6 is 0 Å². The number of nitrogens with zero attached hydrogens (tertiary/aromatic N) is 1. The molecular weight excluding hydrogens is 200 g/mol. The maximum atomic E-state index is 11.2. The SMILES string of the molecule is O=Cc1c(-c2ccccc2)n[nH]c1C1CC1. The Kier molecular flexibility index (Phi) is 2.10. The number of carbonyl (C=O) groups is 1. The van der Waals surface area contributed by atoms with E-state index in [-0.39, 0.29) is 0 Å². The van der Waals surface area contributed by atoms with Gasteiger partial charge in [0.25, 0.3) is 0 Å². The van der Waals surface area contributed by atoms with E-state index < -0.39 is 0 Å². The number of nitrogens with one attached hydrogen (secondary N) is 1. The minimum absolute atomic E-state index is 0.519. The Hall–Kier alpha value is -1.90. The highest BCUT2D eigenvalue weighted by Gasteiger charge is 2.29. The van der Waals surface area contributed by atoms with Crippen molar-refractivity contribution < 1.29 is 4.79 Å². The van der Waals surface area contributed by atoms with E-state index in [0.29, 0.717) is 5.92 Å². The summed E-state index contributed by atoms with van der Waals surface area (Å²) in [5, 5.41) is 7.27. The molecule has 1 N–H and O–H groups in total. The summed E-state index contributed by atoms with van der Waals surface area (Å²) in [5.41, 5.74) is 3.51. The first-order valence-electron chi connectivity index (χ1n) is 5.49. The summed E-state index contributed by atoms with van der Waals surface area (Å²) >= 11 is 0. The summed E-state index contributed by atoms with van der Waals surface area (Å²) in [6.45, 7) is 0. The van der Waals surface area contributed by atoms with Crippen molar-refractivity contribution in [3.05, 3.63) is 41.6 Å². The second-order valence-corrected chi connectivity index (χ2v) is 4.16. The Labute approximate surface area is 93.5 Å². The number of carbonyl (C=O) groups excluding carboxylic acids is 1. The van der Waals surface area contributed by atoms with Crippen LogP contribution in [0.4, 0.5) is 0 Å². The van der Waals surface area contributed by atoms with Crippen LogP contribution in [0.25, 0.3) is 11.3 Å². The van der Waals surface area contributed by atoms with Crippen LogP contribution in [0.2, 0.25) is 0 Å². The summed E-state index contributed by atoms with van der Waals surface area (Å²) in [6, 6.07) is 9.81. The van der Waals surface area contributed by atoms with Crippen molar-refractivity contribution in [3.63, 3.8) is 0 Å². The molecule has 0 bridgehead atoms. The van der Waals surface area contributed by atoms with E-state index in [0.717, 1.165) is 41.6 Å². The predicted molar refractivity (Wildman–Crippen MR) is 61.4 cm³/mol. The van der Waals surface area contributed by atoms with Gasteiger partial charge in [0.2, 0.25) is 0 Å². The smallest absolute Gasteiger partial charge is 0.154 e.